The molecule has 2 aromatic carbocycles. The van der Waals surface area contributed by atoms with E-state index in [1.165, 1.54) is 7.11 Å². The lowest BCUT2D eigenvalue weighted by Gasteiger charge is -2.32. The van der Waals surface area contributed by atoms with Gasteiger partial charge in [-0.1, -0.05) is 12.1 Å². The first-order valence-electron chi connectivity index (χ1n) is 10.3. The van der Waals surface area contributed by atoms with E-state index in [2.05, 4.69) is 5.32 Å². The predicted octanol–water partition coefficient (Wildman–Crippen LogP) is 3.24. The molecule has 1 fully saturated rings. The van der Waals surface area contributed by atoms with Crippen molar-refractivity contribution in [2.75, 3.05) is 19.5 Å². The topological polar surface area (TPSA) is 95.5 Å². The Bertz CT molecular complexity index is 961. The third-order valence-electron chi connectivity index (χ3n) is 5.89. The van der Waals surface area contributed by atoms with Gasteiger partial charge in [-0.15, -0.1) is 0 Å². The molecule has 0 aliphatic carbocycles. The van der Waals surface area contributed by atoms with E-state index < -0.39 is 24.4 Å². The normalized spacial score (nSPS) is 16.5. The van der Waals surface area contributed by atoms with Crippen LogP contribution in [0.2, 0.25) is 0 Å². The fraction of sp³-hybridized carbons (Fsp3) is 0.435. The predicted molar refractivity (Wildman–Crippen MR) is 121 cm³/mol. The summed E-state index contributed by atoms with van der Waals surface area (Å²) < 4.78 is 28.2. The Labute approximate surface area is 188 Å². The lowest BCUT2D eigenvalue weighted by molar-refractivity contribution is 0.00578. The molecule has 3 rings (SSSR count). The highest BCUT2D eigenvalue weighted by atomic mass is 16.7. The minimum absolute atomic E-state index is 0.0155. The summed E-state index contributed by atoms with van der Waals surface area (Å²) in [5, 5.41) is 12.1. The van der Waals surface area contributed by atoms with Gasteiger partial charge in [-0.25, -0.2) is 4.79 Å². The maximum Gasteiger partial charge on any atom is 0.494 e. The maximum atomic E-state index is 12.3. The maximum absolute atomic E-state index is 12.3. The Kier molecular flexibility index (Phi) is 7.02. The highest BCUT2D eigenvalue weighted by molar-refractivity contribution is 6.62. The summed E-state index contributed by atoms with van der Waals surface area (Å²) in [6.07, 6.45) is -0.629. The molecule has 2 N–H and O–H groups in total. The minimum atomic E-state index is -0.629. The molecule has 0 saturated carbocycles. The van der Waals surface area contributed by atoms with Crippen molar-refractivity contribution in [3.63, 3.8) is 0 Å². The first-order valence-corrected chi connectivity index (χ1v) is 10.3. The Hall–Kier alpha value is -2.75. The van der Waals surface area contributed by atoms with Crippen LogP contribution in [0.4, 0.5) is 10.5 Å². The molecule has 0 unspecified atom stereocenters. The second-order valence-electron chi connectivity index (χ2n) is 8.55. The third kappa shape index (κ3) is 5.01. The van der Waals surface area contributed by atoms with Gasteiger partial charge in [-0.2, -0.15) is 0 Å². The van der Waals surface area contributed by atoms with Crippen LogP contribution in [0.1, 0.15) is 38.8 Å². The van der Waals surface area contributed by atoms with Crippen LogP contribution in [0.25, 0.3) is 0 Å². The van der Waals surface area contributed by atoms with E-state index in [1.54, 1.807) is 25.3 Å². The molecule has 0 radical (unpaired) electrons. The zero-order valence-corrected chi connectivity index (χ0v) is 19.4. The SMILES string of the molecule is COc1ccc(NC(=O)OCc2ccc(B3OC(C)(C)C(C)(C)O3)cc2OC)cc1CO. The summed E-state index contributed by atoms with van der Waals surface area (Å²) >= 11 is 0. The summed E-state index contributed by atoms with van der Waals surface area (Å²) in [5.41, 5.74) is 1.69. The fourth-order valence-corrected chi connectivity index (χ4v) is 3.28. The van der Waals surface area contributed by atoms with Gasteiger partial charge in [-0.3, -0.25) is 5.32 Å². The number of benzene rings is 2. The molecule has 32 heavy (non-hydrogen) atoms. The lowest BCUT2D eigenvalue weighted by atomic mass is 9.78. The van der Waals surface area contributed by atoms with Crippen molar-refractivity contribution in [3.05, 3.63) is 47.5 Å². The third-order valence-corrected chi connectivity index (χ3v) is 5.89. The molecule has 1 heterocycles. The van der Waals surface area contributed by atoms with Crippen LogP contribution in [0.5, 0.6) is 11.5 Å². The van der Waals surface area contributed by atoms with E-state index in [0.29, 0.717) is 28.3 Å². The number of aliphatic hydroxyl groups excluding tert-OH is 1. The summed E-state index contributed by atoms with van der Waals surface area (Å²) in [7, 11) is 2.56. The van der Waals surface area contributed by atoms with Crippen LogP contribution in [-0.2, 0) is 27.3 Å². The molecular weight excluding hydrogens is 413 g/mol. The van der Waals surface area contributed by atoms with E-state index in [0.717, 1.165) is 5.46 Å². The molecule has 172 valence electrons. The summed E-state index contributed by atoms with van der Waals surface area (Å²) in [6.45, 7) is 7.80. The van der Waals surface area contributed by atoms with Crippen LogP contribution in [-0.4, -0.2) is 43.7 Å². The molecule has 0 aromatic heterocycles. The van der Waals surface area contributed by atoms with Crippen LogP contribution >= 0.6 is 0 Å². The number of hydrogen-bond donors (Lipinski definition) is 2. The van der Waals surface area contributed by atoms with Crippen LogP contribution in [0, 0.1) is 0 Å². The van der Waals surface area contributed by atoms with Crippen molar-refractivity contribution < 1.29 is 33.4 Å². The van der Waals surface area contributed by atoms with E-state index >= 15 is 0 Å². The first-order chi connectivity index (χ1) is 15.1. The van der Waals surface area contributed by atoms with Crippen molar-refractivity contribution in [3.8, 4) is 11.5 Å². The highest BCUT2D eigenvalue weighted by Gasteiger charge is 2.51. The van der Waals surface area contributed by atoms with Crippen LogP contribution < -0.4 is 20.3 Å². The molecular formula is C23H30BNO7. The van der Waals surface area contributed by atoms with E-state index in [1.807, 2.05) is 45.9 Å². The Morgan fingerprint density at radius 1 is 0.969 bits per heavy atom. The molecule has 1 amide bonds. The zero-order chi connectivity index (χ0) is 23.5. The van der Waals surface area contributed by atoms with Crippen molar-refractivity contribution in [1.29, 1.82) is 0 Å². The minimum Gasteiger partial charge on any atom is -0.496 e. The lowest BCUT2D eigenvalue weighted by Crippen LogP contribution is -2.41. The molecule has 1 aliphatic rings. The van der Waals surface area contributed by atoms with E-state index in [4.69, 9.17) is 23.5 Å². The molecule has 1 aliphatic heterocycles. The monoisotopic (exact) mass is 443 g/mol. The largest absolute Gasteiger partial charge is 0.496 e. The van der Waals surface area contributed by atoms with Crippen molar-refractivity contribution in [1.82, 2.24) is 0 Å². The fourth-order valence-electron chi connectivity index (χ4n) is 3.28. The highest BCUT2D eigenvalue weighted by Crippen LogP contribution is 2.36. The average molecular weight is 443 g/mol. The number of methoxy groups -OCH3 is 2. The molecule has 0 spiro atoms. The number of nitrogens with one attached hydrogen (secondary N) is 1. The summed E-state index contributed by atoms with van der Waals surface area (Å²) in [5.74, 6) is 1.11. The number of anilines is 1. The quantitative estimate of drug-likeness (QED) is 0.635. The van der Waals surface area contributed by atoms with Gasteiger partial charge in [0.05, 0.1) is 32.0 Å². The molecule has 0 atom stereocenters. The van der Waals surface area contributed by atoms with Gasteiger partial charge in [-0.05, 0) is 57.4 Å². The van der Waals surface area contributed by atoms with Gasteiger partial charge in [0.1, 0.15) is 18.1 Å². The molecule has 1 saturated heterocycles. The molecule has 0 bridgehead atoms. The van der Waals surface area contributed by atoms with E-state index in [-0.39, 0.29) is 13.2 Å². The molecule has 8 nitrogen and oxygen atoms in total. The summed E-state index contributed by atoms with van der Waals surface area (Å²) in [6, 6.07) is 10.5. The number of rotatable bonds is 7. The van der Waals surface area contributed by atoms with Gasteiger partial charge in [0.25, 0.3) is 0 Å². The van der Waals surface area contributed by atoms with Gasteiger partial charge in [0, 0.05) is 16.8 Å². The number of ether oxygens (including phenoxy) is 3. The van der Waals surface area contributed by atoms with Crippen molar-refractivity contribution in [2.24, 2.45) is 0 Å². The van der Waals surface area contributed by atoms with Crippen molar-refractivity contribution in [2.45, 2.75) is 52.1 Å². The number of hydrogen-bond acceptors (Lipinski definition) is 7. The average Bonchev–Trinajstić information content (AvgIpc) is 2.98. The van der Waals surface area contributed by atoms with Gasteiger partial charge in [0.2, 0.25) is 0 Å². The van der Waals surface area contributed by atoms with Crippen LogP contribution in [0.3, 0.4) is 0 Å². The zero-order valence-electron chi connectivity index (χ0n) is 19.4. The number of carbonyl (C=O) groups excluding carboxylic acids is 1. The Morgan fingerprint density at radius 3 is 2.22 bits per heavy atom. The molecule has 2 aromatic rings. The van der Waals surface area contributed by atoms with Crippen LogP contribution in [0.15, 0.2) is 36.4 Å². The number of aliphatic hydroxyl groups is 1. The second-order valence-corrected chi connectivity index (χ2v) is 8.55. The summed E-state index contributed by atoms with van der Waals surface area (Å²) in [4.78, 5) is 12.3. The van der Waals surface area contributed by atoms with Gasteiger partial charge >= 0.3 is 13.2 Å². The van der Waals surface area contributed by atoms with Gasteiger partial charge < -0.3 is 28.6 Å². The second kappa shape index (κ2) is 9.40. The van der Waals surface area contributed by atoms with E-state index in [9.17, 15) is 9.90 Å². The van der Waals surface area contributed by atoms with Gasteiger partial charge in [0.15, 0.2) is 0 Å². The smallest absolute Gasteiger partial charge is 0.494 e. The number of amides is 1. The Balaban J connectivity index is 1.65. The Morgan fingerprint density at radius 2 is 1.62 bits per heavy atom. The number of carbonyl (C=O) groups is 1. The van der Waals surface area contributed by atoms with Crippen molar-refractivity contribution >= 4 is 24.4 Å². The first kappa shape index (κ1) is 23.9. The standard InChI is InChI=1S/C23H30BNO7/c1-22(2)23(3,4)32-24(31-22)17-8-7-15(20(12-17)29-6)14-30-21(27)25-18-9-10-19(28-5)16(11-18)13-26/h7-12,26H,13-14H2,1-6H3,(H,25,27). The molecule has 9 heteroatoms.